The minimum Gasteiger partial charge on any atom is -0.494 e. The molecule has 0 aromatic heterocycles. The third kappa shape index (κ3) is 5.76. The molecule has 0 bridgehead atoms. The Morgan fingerprint density at radius 2 is 1.90 bits per heavy atom. The van der Waals surface area contributed by atoms with Gasteiger partial charge >= 0.3 is 0 Å². The van der Waals surface area contributed by atoms with E-state index in [1.54, 1.807) is 12.1 Å². The van der Waals surface area contributed by atoms with Gasteiger partial charge < -0.3 is 15.2 Å². The second-order valence-electron chi connectivity index (χ2n) is 6.28. The van der Waals surface area contributed by atoms with E-state index in [1.807, 2.05) is 12.1 Å². The van der Waals surface area contributed by atoms with Gasteiger partial charge in [-0.25, -0.2) is 0 Å². The van der Waals surface area contributed by atoms with E-state index in [4.69, 9.17) is 9.84 Å². The van der Waals surface area contributed by atoms with Gasteiger partial charge in [0.15, 0.2) is 0 Å². The monoisotopic (exact) mass is 293 g/mol. The van der Waals surface area contributed by atoms with E-state index in [0.717, 1.165) is 12.2 Å². The molecule has 21 heavy (non-hydrogen) atoms. The molecule has 118 valence electrons. The van der Waals surface area contributed by atoms with Gasteiger partial charge in [-0.2, -0.15) is 0 Å². The van der Waals surface area contributed by atoms with Crippen LogP contribution in [0.4, 0.5) is 0 Å². The highest BCUT2D eigenvalue weighted by molar-refractivity contribution is 5.94. The molecule has 0 heterocycles. The molecule has 0 aliphatic heterocycles. The molecule has 4 heteroatoms. The summed E-state index contributed by atoms with van der Waals surface area (Å²) >= 11 is 0. The highest BCUT2D eigenvalue weighted by atomic mass is 16.5. The third-order valence-electron chi connectivity index (χ3n) is 3.36. The SMILES string of the molecule is CCCOc1ccc(C(=O)NC(CCO)C(C)(C)C)cc1. The van der Waals surface area contributed by atoms with Crippen LogP contribution in [0.3, 0.4) is 0 Å². The van der Waals surface area contributed by atoms with Gasteiger partial charge in [-0.1, -0.05) is 27.7 Å². The summed E-state index contributed by atoms with van der Waals surface area (Å²) in [5.74, 6) is 0.654. The number of rotatable bonds is 7. The van der Waals surface area contributed by atoms with Crippen LogP contribution in [0, 0.1) is 5.41 Å². The largest absolute Gasteiger partial charge is 0.494 e. The predicted molar refractivity (Wildman–Crippen MR) is 84.6 cm³/mol. The van der Waals surface area contributed by atoms with Gasteiger partial charge in [0, 0.05) is 18.2 Å². The van der Waals surface area contributed by atoms with Crippen LogP contribution in [-0.4, -0.2) is 30.3 Å². The van der Waals surface area contributed by atoms with Crippen molar-refractivity contribution in [1.29, 1.82) is 0 Å². The molecule has 1 atom stereocenters. The topological polar surface area (TPSA) is 58.6 Å². The summed E-state index contributed by atoms with van der Waals surface area (Å²) in [6, 6.07) is 7.08. The van der Waals surface area contributed by atoms with E-state index >= 15 is 0 Å². The molecule has 2 N–H and O–H groups in total. The number of hydrogen-bond donors (Lipinski definition) is 2. The molecule has 4 nitrogen and oxygen atoms in total. The maximum absolute atomic E-state index is 12.3. The number of amides is 1. The standard InChI is InChI=1S/C17H27NO3/c1-5-12-21-14-8-6-13(7-9-14)16(20)18-15(10-11-19)17(2,3)4/h6-9,15,19H,5,10-12H2,1-4H3,(H,18,20). The predicted octanol–water partition coefficient (Wildman–Crippen LogP) is 3.00. The maximum Gasteiger partial charge on any atom is 0.251 e. The summed E-state index contributed by atoms with van der Waals surface area (Å²) < 4.78 is 5.50. The van der Waals surface area contributed by atoms with E-state index in [2.05, 4.69) is 33.0 Å². The second kappa shape index (κ2) is 8.03. The molecule has 1 amide bonds. The summed E-state index contributed by atoms with van der Waals surface area (Å²) in [4.78, 5) is 12.3. The van der Waals surface area contributed by atoms with Gasteiger partial charge in [0.2, 0.25) is 0 Å². The van der Waals surface area contributed by atoms with Gasteiger partial charge in [-0.15, -0.1) is 0 Å². The summed E-state index contributed by atoms with van der Waals surface area (Å²) in [5, 5.41) is 12.1. The zero-order valence-electron chi connectivity index (χ0n) is 13.5. The van der Waals surface area contributed by atoms with Crippen LogP contribution < -0.4 is 10.1 Å². The van der Waals surface area contributed by atoms with Gasteiger partial charge in [0.1, 0.15) is 5.75 Å². The Labute approximate surface area is 127 Å². The Morgan fingerprint density at radius 3 is 2.38 bits per heavy atom. The number of aliphatic hydroxyl groups excluding tert-OH is 1. The van der Waals surface area contributed by atoms with Gasteiger partial charge in [-0.05, 0) is 42.5 Å². The smallest absolute Gasteiger partial charge is 0.251 e. The molecule has 1 aromatic rings. The maximum atomic E-state index is 12.3. The number of hydrogen-bond acceptors (Lipinski definition) is 3. The van der Waals surface area contributed by atoms with Crippen molar-refractivity contribution in [2.75, 3.05) is 13.2 Å². The lowest BCUT2D eigenvalue weighted by Crippen LogP contribution is -2.44. The molecule has 0 saturated carbocycles. The first kappa shape index (κ1) is 17.5. The van der Waals surface area contributed by atoms with Crippen molar-refractivity contribution in [1.82, 2.24) is 5.32 Å². The van der Waals surface area contributed by atoms with Crippen molar-refractivity contribution in [2.24, 2.45) is 5.41 Å². The zero-order chi connectivity index (χ0) is 15.9. The first-order valence-electron chi connectivity index (χ1n) is 7.53. The normalized spacial score (nSPS) is 12.8. The van der Waals surface area contributed by atoms with E-state index in [0.29, 0.717) is 18.6 Å². The molecule has 1 rings (SSSR count). The van der Waals surface area contributed by atoms with Crippen molar-refractivity contribution >= 4 is 5.91 Å². The highest BCUT2D eigenvalue weighted by Crippen LogP contribution is 2.22. The quantitative estimate of drug-likeness (QED) is 0.812. The highest BCUT2D eigenvalue weighted by Gasteiger charge is 2.26. The number of carbonyl (C=O) groups is 1. The van der Waals surface area contributed by atoms with Crippen molar-refractivity contribution in [3.8, 4) is 5.75 Å². The third-order valence-corrected chi connectivity index (χ3v) is 3.36. The fourth-order valence-corrected chi connectivity index (χ4v) is 2.01. The Balaban J connectivity index is 2.69. The first-order chi connectivity index (χ1) is 9.88. The second-order valence-corrected chi connectivity index (χ2v) is 6.28. The number of carbonyl (C=O) groups excluding carboxylic acids is 1. The Hall–Kier alpha value is -1.55. The Morgan fingerprint density at radius 1 is 1.29 bits per heavy atom. The van der Waals surface area contributed by atoms with E-state index in [9.17, 15) is 4.79 Å². The van der Waals surface area contributed by atoms with Crippen LogP contribution >= 0.6 is 0 Å². The van der Waals surface area contributed by atoms with Crippen LogP contribution in [0.25, 0.3) is 0 Å². The van der Waals surface area contributed by atoms with Gasteiger partial charge in [0.25, 0.3) is 5.91 Å². The summed E-state index contributed by atoms with van der Waals surface area (Å²) in [7, 11) is 0. The lowest BCUT2D eigenvalue weighted by Gasteiger charge is -2.31. The Bertz CT molecular complexity index is 434. The fraction of sp³-hybridized carbons (Fsp3) is 0.588. The molecule has 0 fully saturated rings. The number of ether oxygens (including phenoxy) is 1. The minimum atomic E-state index is -0.120. The van der Waals surface area contributed by atoms with E-state index in [-0.39, 0.29) is 24.0 Å². The molecule has 0 saturated heterocycles. The van der Waals surface area contributed by atoms with Crippen LogP contribution in [0.15, 0.2) is 24.3 Å². The van der Waals surface area contributed by atoms with E-state index in [1.165, 1.54) is 0 Å². The molecule has 0 aliphatic carbocycles. The summed E-state index contributed by atoms with van der Waals surface area (Å²) in [6.45, 7) is 8.94. The van der Waals surface area contributed by atoms with Crippen molar-refractivity contribution in [3.63, 3.8) is 0 Å². The molecule has 1 aromatic carbocycles. The summed E-state index contributed by atoms with van der Waals surface area (Å²) in [5.41, 5.74) is 0.508. The van der Waals surface area contributed by atoms with Crippen LogP contribution in [0.2, 0.25) is 0 Å². The van der Waals surface area contributed by atoms with Crippen molar-refractivity contribution in [2.45, 2.75) is 46.6 Å². The first-order valence-corrected chi connectivity index (χ1v) is 7.53. The molecule has 0 spiro atoms. The minimum absolute atomic E-state index is 0.0615. The van der Waals surface area contributed by atoms with Crippen LogP contribution in [0.1, 0.15) is 50.9 Å². The average Bonchev–Trinajstić information content (AvgIpc) is 2.44. The number of nitrogens with one attached hydrogen (secondary N) is 1. The van der Waals surface area contributed by atoms with E-state index < -0.39 is 0 Å². The van der Waals surface area contributed by atoms with Crippen molar-refractivity contribution in [3.05, 3.63) is 29.8 Å². The zero-order valence-corrected chi connectivity index (χ0v) is 13.5. The molecule has 1 unspecified atom stereocenters. The number of aliphatic hydroxyl groups is 1. The average molecular weight is 293 g/mol. The van der Waals surface area contributed by atoms with Gasteiger partial charge in [-0.3, -0.25) is 4.79 Å². The molecular formula is C17H27NO3. The molecule has 0 radical (unpaired) electrons. The molecular weight excluding hydrogens is 266 g/mol. The fourth-order valence-electron chi connectivity index (χ4n) is 2.01. The molecule has 0 aliphatic rings. The Kier molecular flexibility index (Phi) is 6.69. The van der Waals surface area contributed by atoms with Crippen LogP contribution in [-0.2, 0) is 0 Å². The number of benzene rings is 1. The lowest BCUT2D eigenvalue weighted by molar-refractivity contribution is 0.0885. The van der Waals surface area contributed by atoms with Gasteiger partial charge in [0.05, 0.1) is 6.61 Å². The lowest BCUT2D eigenvalue weighted by atomic mass is 9.85. The van der Waals surface area contributed by atoms with Crippen LogP contribution in [0.5, 0.6) is 5.75 Å². The van der Waals surface area contributed by atoms with Crippen molar-refractivity contribution < 1.29 is 14.6 Å². The summed E-state index contributed by atoms with van der Waals surface area (Å²) in [6.07, 6.45) is 1.50.